The van der Waals surface area contributed by atoms with Crippen molar-refractivity contribution in [2.24, 2.45) is 5.92 Å². The van der Waals surface area contributed by atoms with Gasteiger partial charge in [-0.15, -0.1) is 11.3 Å². The second-order valence-electron chi connectivity index (χ2n) is 5.81. The number of anilines is 2. The van der Waals surface area contributed by atoms with Gasteiger partial charge in [-0.3, -0.25) is 0 Å². The molecule has 1 aliphatic rings. The number of nitrogens with zero attached hydrogens (tertiary/aromatic N) is 1. The fourth-order valence-electron chi connectivity index (χ4n) is 2.43. The molecule has 0 aliphatic carbocycles. The predicted octanol–water partition coefficient (Wildman–Crippen LogP) is 3.14. The minimum Gasteiger partial charge on any atom is -0.486 e. The first-order valence-electron chi connectivity index (χ1n) is 7.36. The monoisotopic (exact) mass is 312 g/mol. The van der Waals surface area contributed by atoms with E-state index in [9.17, 15) is 4.79 Å². The van der Waals surface area contributed by atoms with E-state index in [1.807, 2.05) is 13.8 Å². The van der Waals surface area contributed by atoms with E-state index in [-0.39, 0.29) is 6.10 Å². The standard InChI is InChI=1S/C15H24N2O3S/c1-9(2)20-12-11(16)13(15(18)19-4)21-14(12)17-7-5-10(3)6-8-17/h9-10H,5-8,16H2,1-4H3. The van der Waals surface area contributed by atoms with Gasteiger partial charge in [-0.25, -0.2) is 4.79 Å². The average molecular weight is 312 g/mol. The van der Waals surface area contributed by atoms with Crippen molar-refractivity contribution in [3.63, 3.8) is 0 Å². The van der Waals surface area contributed by atoms with E-state index in [4.69, 9.17) is 15.2 Å². The first kappa shape index (κ1) is 15.9. The number of nitrogen functional groups attached to an aromatic ring is 1. The van der Waals surface area contributed by atoms with Gasteiger partial charge in [0.15, 0.2) is 5.75 Å². The van der Waals surface area contributed by atoms with Gasteiger partial charge in [0.2, 0.25) is 0 Å². The number of methoxy groups -OCH3 is 1. The minimum atomic E-state index is -0.400. The van der Waals surface area contributed by atoms with Gasteiger partial charge in [-0.05, 0) is 32.6 Å². The molecule has 2 heterocycles. The topological polar surface area (TPSA) is 64.8 Å². The van der Waals surface area contributed by atoms with Crippen LogP contribution in [-0.4, -0.2) is 32.3 Å². The van der Waals surface area contributed by atoms with E-state index < -0.39 is 5.97 Å². The zero-order valence-electron chi connectivity index (χ0n) is 13.1. The highest BCUT2D eigenvalue weighted by Crippen LogP contribution is 2.46. The van der Waals surface area contributed by atoms with Crippen LogP contribution in [0.25, 0.3) is 0 Å². The van der Waals surface area contributed by atoms with E-state index in [2.05, 4.69) is 11.8 Å². The van der Waals surface area contributed by atoms with Gasteiger partial charge < -0.3 is 20.1 Å². The van der Waals surface area contributed by atoms with Crippen molar-refractivity contribution in [3.05, 3.63) is 4.88 Å². The van der Waals surface area contributed by atoms with Crippen LogP contribution < -0.4 is 15.4 Å². The third-order valence-electron chi connectivity index (χ3n) is 3.68. The number of hydrogen-bond donors (Lipinski definition) is 1. The smallest absolute Gasteiger partial charge is 0.350 e. The first-order chi connectivity index (χ1) is 9.93. The summed E-state index contributed by atoms with van der Waals surface area (Å²) < 4.78 is 10.7. The molecule has 118 valence electrons. The molecule has 2 N–H and O–H groups in total. The maximum absolute atomic E-state index is 11.9. The number of ether oxygens (including phenoxy) is 2. The van der Waals surface area contributed by atoms with Crippen molar-refractivity contribution in [3.8, 4) is 5.75 Å². The van der Waals surface area contributed by atoms with Gasteiger partial charge in [0.1, 0.15) is 15.6 Å². The van der Waals surface area contributed by atoms with Crippen LogP contribution in [0.15, 0.2) is 0 Å². The molecule has 1 aromatic heterocycles. The van der Waals surface area contributed by atoms with E-state index >= 15 is 0 Å². The lowest BCUT2D eigenvalue weighted by atomic mass is 9.99. The second kappa shape index (κ2) is 6.56. The Bertz CT molecular complexity index is 505. The summed E-state index contributed by atoms with van der Waals surface area (Å²) in [7, 11) is 1.37. The first-order valence-corrected chi connectivity index (χ1v) is 8.17. The van der Waals surface area contributed by atoms with Gasteiger partial charge in [0, 0.05) is 13.1 Å². The zero-order chi connectivity index (χ0) is 15.6. The molecule has 0 aromatic carbocycles. The molecular weight excluding hydrogens is 288 g/mol. The Kier molecular flexibility index (Phi) is 4.98. The number of piperidine rings is 1. The third-order valence-corrected chi connectivity index (χ3v) is 4.91. The van der Waals surface area contributed by atoms with Crippen LogP contribution in [0.5, 0.6) is 5.75 Å². The van der Waals surface area contributed by atoms with E-state index in [0.29, 0.717) is 16.3 Å². The Labute approximate surface area is 130 Å². The molecule has 0 unspecified atom stereocenters. The minimum absolute atomic E-state index is 0.00913. The highest BCUT2D eigenvalue weighted by molar-refractivity contribution is 7.19. The van der Waals surface area contributed by atoms with Gasteiger partial charge in [-0.1, -0.05) is 6.92 Å². The predicted molar refractivity (Wildman–Crippen MR) is 86.4 cm³/mol. The molecule has 0 atom stereocenters. The summed E-state index contributed by atoms with van der Waals surface area (Å²) in [6.45, 7) is 8.12. The molecule has 1 aliphatic heterocycles. The van der Waals surface area contributed by atoms with Crippen LogP contribution in [0.2, 0.25) is 0 Å². The number of carbonyl (C=O) groups excluding carboxylic acids is 1. The van der Waals surface area contributed by atoms with Crippen molar-refractivity contribution < 1.29 is 14.3 Å². The SMILES string of the molecule is COC(=O)c1sc(N2CCC(C)CC2)c(OC(C)C)c1N. The van der Waals surface area contributed by atoms with E-state index in [1.54, 1.807) is 0 Å². The molecule has 5 nitrogen and oxygen atoms in total. The van der Waals surface area contributed by atoms with Crippen LogP contribution in [0.1, 0.15) is 43.3 Å². The number of nitrogens with two attached hydrogens (primary N) is 1. The number of esters is 1. The highest BCUT2D eigenvalue weighted by Gasteiger charge is 2.28. The van der Waals surface area contributed by atoms with Crippen LogP contribution in [0.4, 0.5) is 10.7 Å². The number of hydrogen-bond acceptors (Lipinski definition) is 6. The summed E-state index contributed by atoms with van der Waals surface area (Å²) in [6.07, 6.45) is 2.30. The molecule has 2 rings (SSSR count). The Morgan fingerprint density at radius 3 is 2.52 bits per heavy atom. The lowest BCUT2D eigenvalue weighted by molar-refractivity contribution is 0.0607. The van der Waals surface area contributed by atoms with Gasteiger partial charge in [0.25, 0.3) is 0 Å². The summed E-state index contributed by atoms with van der Waals surface area (Å²) in [5, 5.41) is 0.952. The quantitative estimate of drug-likeness (QED) is 0.865. The van der Waals surface area contributed by atoms with Gasteiger partial charge >= 0.3 is 5.97 Å². The zero-order valence-corrected chi connectivity index (χ0v) is 14.0. The Balaban J connectivity index is 2.35. The summed E-state index contributed by atoms with van der Waals surface area (Å²) in [6, 6.07) is 0. The summed E-state index contributed by atoms with van der Waals surface area (Å²) in [5.74, 6) is 0.973. The Morgan fingerprint density at radius 2 is 2.00 bits per heavy atom. The third kappa shape index (κ3) is 3.43. The average Bonchev–Trinajstić information content (AvgIpc) is 2.76. The van der Waals surface area contributed by atoms with E-state index in [0.717, 1.165) is 36.9 Å². The van der Waals surface area contributed by atoms with Crippen LogP contribution >= 0.6 is 11.3 Å². The Morgan fingerprint density at radius 1 is 1.38 bits per heavy atom. The maximum atomic E-state index is 11.9. The fraction of sp³-hybridized carbons (Fsp3) is 0.667. The lowest BCUT2D eigenvalue weighted by Crippen LogP contribution is -2.32. The fourth-order valence-corrected chi connectivity index (χ4v) is 3.56. The van der Waals surface area contributed by atoms with Crippen molar-refractivity contribution in [1.82, 2.24) is 0 Å². The number of thiophene rings is 1. The normalized spacial score (nSPS) is 16.3. The molecule has 0 saturated carbocycles. The molecule has 0 radical (unpaired) electrons. The second-order valence-corrected chi connectivity index (χ2v) is 6.81. The molecule has 1 saturated heterocycles. The van der Waals surface area contributed by atoms with Crippen molar-refractivity contribution in [2.45, 2.75) is 39.7 Å². The maximum Gasteiger partial charge on any atom is 0.350 e. The highest BCUT2D eigenvalue weighted by atomic mass is 32.1. The molecule has 0 bridgehead atoms. The van der Waals surface area contributed by atoms with Crippen molar-refractivity contribution >= 4 is 28.0 Å². The molecule has 6 heteroatoms. The van der Waals surface area contributed by atoms with Crippen LogP contribution in [-0.2, 0) is 4.74 Å². The summed E-state index contributed by atoms with van der Waals surface area (Å²) in [4.78, 5) is 14.6. The molecule has 0 amide bonds. The molecule has 0 spiro atoms. The van der Waals surface area contributed by atoms with Crippen LogP contribution in [0, 0.1) is 5.92 Å². The van der Waals surface area contributed by atoms with Crippen LogP contribution in [0.3, 0.4) is 0 Å². The molecular formula is C15H24N2O3S. The molecule has 1 fully saturated rings. The Hall–Kier alpha value is -1.43. The number of carbonyl (C=O) groups is 1. The summed E-state index contributed by atoms with van der Waals surface area (Å²) >= 11 is 1.37. The van der Waals surface area contributed by atoms with Crippen molar-refractivity contribution in [1.29, 1.82) is 0 Å². The van der Waals surface area contributed by atoms with Crippen molar-refractivity contribution in [2.75, 3.05) is 30.8 Å². The lowest BCUT2D eigenvalue weighted by Gasteiger charge is -2.31. The molecule has 1 aromatic rings. The summed E-state index contributed by atoms with van der Waals surface area (Å²) in [5.41, 5.74) is 6.52. The van der Waals surface area contributed by atoms with Gasteiger partial charge in [0.05, 0.1) is 13.2 Å². The number of rotatable bonds is 4. The largest absolute Gasteiger partial charge is 0.486 e. The molecule has 21 heavy (non-hydrogen) atoms. The van der Waals surface area contributed by atoms with E-state index in [1.165, 1.54) is 18.4 Å². The van der Waals surface area contributed by atoms with Gasteiger partial charge in [-0.2, -0.15) is 0 Å².